The minimum atomic E-state index is -0.0731. The van der Waals surface area contributed by atoms with E-state index < -0.39 is 0 Å². The summed E-state index contributed by atoms with van der Waals surface area (Å²) in [5.41, 5.74) is 6.65. The summed E-state index contributed by atoms with van der Waals surface area (Å²) in [6, 6.07) is 3.37. The van der Waals surface area contributed by atoms with Crippen LogP contribution in [0.15, 0.2) is 16.6 Å². The highest BCUT2D eigenvalue weighted by Gasteiger charge is 2.13. The van der Waals surface area contributed by atoms with E-state index in [9.17, 15) is 4.79 Å². The standard InChI is InChI=1S/C9H10BrNO2/c1-5(12)8-7(13-2)4-3-6(11)9(8)10/h3-4H,11H2,1-2H3. The van der Waals surface area contributed by atoms with Gasteiger partial charge in [0.1, 0.15) is 5.75 Å². The lowest BCUT2D eigenvalue weighted by Gasteiger charge is -2.09. The number of nitrogens with two attached hydrogens (primary N) is 1. The molecule has 0 heterocycles. The smallest absolute Gasteiger partial charge is 0.164 e. The molecular weight excluding hydrogens is 234 g/mol. The fourth-order valence-corrected chi connectivity index (χ4v) is 1.68. The number of hydrogen-bond acceptors (Lipinski definition) is 3. The summed E-state index contributed by atoms with van der Waals surface area (Å²) in [5.74, 6) is 0.463. The van der Waals surface area contributed by atoms with Gasteiger partial charge in [-0.3, -0.25) is 4.79 Å². The molecule has 0 amide bonds. The van der Waals surface area contributed by atoms with Crippen LogP contribution in [0.2, 0.25) is 0 Å². The lowest BCUT2D eigenvalue weighted by molar-refractivity contribution is 0.101. The van der Waals surface area contributed by atoms with Crippen molar-refractivity contribution >= 4 is 27.4 Å². The normalized spacial score (nSPS) is 9.77. The third-order valence-electron chi connectivity index (χ3n) is 1.71. The number of benzene rings is 1. The van der Waals surface area contributed by atoms with Gasteiger partial charge in [-0.15, -0.1) is 0 Å². The van der Waals surface area contributed by atoms with Gasteiger partial charge in [0.2, 0.25) is 0 Å². The van der Waals surface area contributed by atoms with Gasteiger partial charge in [0.05, 0.1) is 17.1 Å². The van der Waals surface area contributed by atoms with Crippen molar-refractivity contribution in [2.45, 2.75) is 6.92 Å². The molecule has 1 aromatic rings. The maximum absolute atomic E-state index is 11.2. The molecule has 13 heavy (non-hydrogen) atoms. The molecule has 0 spiro atoms. The lowest BCUT2D eigenvalue weighted by Crippen LogP contribution is -2.01. The van der Waals surface area contributed by atoms with Gasteiger partial charge in [-0.2, -0.15) is 0 Å². The van der Waals surface area contributed by atoms with E-state index in [-0.39, 0.29) is 5.78 Å². The highest BCUT2D eigenvalue weighted by Crippen LogP contribution is 2.31. The number of hydrogen-bond donors (Lipinski definition) is 1. The number of halogens is 1. The van der Waals surface area contributed by atoms with E-state index in [1.165, 1.54) is 14.0 Å². The van der Waals surface area contributed by atoms with Crippen LogP contribution in [-0.4, -0.2) is 12.9 Å². The van der Waals surface area contributed by atoms with Crippen LogP contribution in [0.25, 0.3) is 0 Å². The van der Waals surface area contributed by atoms with Crippen LogP contribution in [0, 0.1) is 0 Å². The van der Waals surface area contributed by atoms with Gasteiger partial charge in [-0.05, 0) is 35.0 Å². The van der Waals surface area contributed by atoms with Crippen molar-refractivity contribution in [1.82, 2.24) is 0 Å². The van der Waals surface area contributed by atoms with Crippen LogP contribution < -0.4 is 10.5 Å². The SMILES string of the molecule is COc1ccc(N)c(Br)c1C(C)=O. The summed E-state index contributed by atoms with van der Waals surface area (Å²) in [4.78, 5) is 11.2. The average Bonchev–Trinajstić information content (AvgIpc) is 2.08. The van der Waals surface area contributed by atoms with Crippen molar-refractivity contribution in [1.29, 1.82) is 0 Å². The number of carbonyl (C=O) groups excluding carboxylic acids is 1. The minimum absolute atomic E-state index is 0.0731. The summed E-state index contributed by atoms with van der Waals surface area (Å²) in [6.07, 6.45) is 0. The van der Waals surface area contributed by atoms with Crippen LogP contribution in [0.3, 0.4) is 0 Å². The second kappa shape index (κ2) is 3.79. The van der Waals surface area contributed by atoms with Gasteiger partial charge in [0.15, 0.2) is 5.78 Å². The van der Waals surface area contributed by atoms with E-state index in [4.69, 9.17) is 10.5 Å². The van der Waals surface area contributed by atoms with Gasteiger partial charge in [0, 0.05) is 5.69 Å². The zero-order valence-corrected chi connectivity index (χ0v) is 9.01. The number of ketones is 1. The average molecular weight is 244 g/mol. The fourth-order valence-electron chi connectivity index (χ4n) is 1.07. The Kier molecular flexibility index (Phi) is 2.93. The first kappa shape index (κ1) is 10.1. The topological polar surface area (TPSA) is 52.3 Å². The number of nitrogen functional groups attached to an aromatic ring is 1. The van der Waals surface area contributed by atoms with Crippen molar-refractivity contribution in [3.8, 4) is 5.75 Å². The summed E-state index contributed by atoms with van der Waals surface area (Å²) in [6.45, 7) is 1.47. The Hall–Kier alpha value is -1.03. The van der Waals surface area contributed by atoms with Gasteiger partial charge in [-0.1, -0.05) is 0 Å². The maximum Gasteiger partial charge on any atom is 0.164 e. The van der Waals surface area contributed by atoms with E-state index >= 15 is 0 Å². The molecule has 1 aromatic carbocycles. The predicted molar refractivity (Wildman–Crippen MR) is 55.1 cm³/mol. The first-order valence-electron chi connectivity index (χ1n) is 3.70. The van der Waals surface area contributed by atoms with Gasteiger partial charge in [0.25, 0.3) is 0 Å². The quantitative estimate of drug-likeness (QED) is 0.641. The molecule has 2 N–H and O–H groups in total. The Morgan fingerprint density at radius 1 is 1.54 bits per heavy atom. The number of rotatable bonds is 2. The molecule has 0 aliphatic carbocycles. The molecule has 0 fully saturated rings. The molecule has 0 saturated carbocycles. The molecule has 0 atom stereocenters. The molecule has 70 valence electrons. The number of methoxy groups -OCH3 is 1. The molecule has 0 unspecified atom stereocenters. The minimum Gasteiger partial charge on any atom is -0.496 e. The third-order valence-corrected chi connectivity index (χ3v) is 2.56. The van der Waals surface area contributed by atoms with E-state index in [1.807, 2.05) is 0 Å². The van der Waals surface area contributed by atoms with Crippen molar-refractivity contribution < 1.29 is 9.53 Å². The van der Waals surface area contributed by atoms with Crippen LogP contribution >= 0.6 is 15.9 Å². The van der Waals surface area contributed by atoms with Crippen LogP contribution in [-0.2, 0) is 0 Å². The van der Waals surface area contributed by atoms with Crippen LogP contribution in [0.4, 0.5) is 5.69 Å². The molecule has 0 radical (unpaired) electrons. The molecule has 0 saturated heterocycles. The third kappa shape index (κ3) is 1.83. The van der Waals surface area contributed by atoms with Crippen LogP contribution in [0.5, 0.6) is 5.75 Å². The Morgan fingerprint density at radius 2 is 2.15 bits per heavy atom. The largest absolute Gasteiger partial charge is 0.496 e. The fraction of sp³-hybridized carbons (Fsp3) is 0.222. The summed E-state index contributed by atoms with van der Waals surface area (Å²) >= 11 is 3.25. The zero-order chi connectivity index (χ0) is 10.0. The molecule has 4 heteroatoms. The van der Waals surface area contributed by atoms with Crippen molar-refractivity contribution in [2.24, 2.45) is 0 Å². The molecule has 0 bridgehead atoms. The first-order valence-corrected chi connectivity index (χ1v) is 4.50. The number of anilines is 1. The molecule has 3 nitrogen and oxygen atoms in total. The summed E-state index contributed by atoms with van der Waals surface area (Å²) in [7, 11) is 1.52. The highest BCUT2D eigenvalue weighted by atomic mass is 79.9. The van der Waals surface area contributed by atoms with E-state index in [0.717, 1.165) is 0 Å². The lowest BCUT2D eigenvalue weighted by atomic mass is 10.1. The van der Waals surface area contributed by atoms with E-state index in [0.29, 0.717) is 21.5 Å². The van der Waals surface area contributed by atoms with Gasteiger partial charge < -0.3 is 10.5 Å². The van der Waals surface area contributed by atoms with Gasteiger partial charge >= 0.3 is 0 Å². The second-order valence-electron chi connectivity index (χ2n) is 2.60. The van der Waals surface area contributed by atoms with E-state index in [1.54, 1.807) is 12.1 Å². The monoisotopic (exact) mass is 243 g/mol. The summed E-state index contributed by atoms with van der Waals surface area (Å²) in [5, 5.41) is 0. The van der Waals surface area contributed by atoms with Crippen molar-refractivity contribution in [2.75, 3.05) is 12.8 Å². The predicted octanol–water partition coefficient (Wildman–Crippen LogP) is 2.24. The molecule has 0 aliphatic rings. The van der Waals surface area contributed by atoms with Crippen LogP contribution in [0.1, 0.15) is 17.3 Å². The molecule has 0 aromatic heterocycles. The van der Waals surface area contributed by atoms with Gasteiger partial charge in [-0.25, -0.2) is 0 Å². The Bertz CT molecular complexity index is 350. The number of carbonyl (C=O) groups is 1. The second-order valence-corrected chi connectivity index (χ2v) is 3.40. The maximum atomic E-state index is 11.2. The number of ether oxygens (including phenoxy) is 1. The van der Waals surface area contributed by atoms with Crippen molar-refractivity contribution in [3.05, 3.63) is 22.2 Å². The van der Waals surface area contributed by atoms with Crippen molar-refractivity contribution in [3.63, 3.8) is 0 Å². The molecule has 0 aliphatic heterocycles. The Morgan fingerprint density at radius 3 is 2.62 bits per heavy atom. The molecule has 1 rings (SSSR count). The highest BCUT2D eigenvalue weighted by molar-refractivity contribution is 9.10. The Labute approximate surface area is 85.0 Å². The zero-order valence-electron chi connectivity index (χ0n) is 7.43. The Balaban J connectivity index is 3.41. The van der Waals surface area contributed by atoms with E-state index in [2.05, 4.69) is 15.9 Å². The first-order chi connectivity index (χ1) is 6.07. The number of Topliss-reactive ketones (excluding diaryl/α,β-unsaturated/α-hetero) is 1. The molecular formula is C9H10BrNO2. The summed E-state index contributed by atoms with van der Waals surface area (Å²) < 4.78 is 5.63.